The van der Waals surface area contributed by atoms with Gasteiger partial charge in [-0.3, -0.25) is 0 Å². The van der Waals surface area contributed by atoms with Gasteiger partial charge in [0.15, 0.2) is 0 Å². The largest absolute Gasteiger partial charge is 0.393 e. The van der Waals surface area contributed by atoms with E-state index in [1.165, 1.54) is 12.8 Å². The molecule has 4 rings (SSSR count). The molecule has 4 bridgehead atoms. The first-order valence-corrected chi connectivity index (χ1v) is 3.56. The van der Waals surface area contributed by atoms with Gasteiger partial charge in [0.25, 0.3) is 0 Å². The summed E-state index contributed by atoms with van der Waals surface area (Å²) in [5.74, 6) is 3.47. The van der Waals surface area contributed by atoms with E-state index in [2.05, 4.69) is 0 Å². The first-order valence-electron chi connectivity index (χ1n) is 3.56. The van der Waals surface area contributed by atoms with E-state index in [4.69, 9.17) is 0 Å². The van der Waals surface area contributed by atoms with Crippen LogP contribution in [0.4, 0.5) is 0 Å². The third-order valence-electron chi connectivity index (χ3n) is 3.43. The molecular formula is C7H10O. The number of rotatable bonds is 0. The molecule has 0 saturated heterocycles. The van der Waals surface area contributed by atoms with Crippen LogP contribution in [0.2, 0.25) is 0 Å². The molecule has 0 heterocycles. The van der Waals surface area contributed by atoms with Gasteiger partial charge in [0, 0.05) is 0 Å². The number of aliphatic hydroxyl groups is 1. The van der Waals surface area contributed by atoms with E-state index in [0.717, 1.165) is 23.7 Å². The van der Waals surface area contributed by atoms with E-state index in [1.807, 2.05) is 0 Å². The van der Waals surface area contributed by atoms with Gasteiger partial charge in [-0.25, -0.2) is 0 Å². The van der Waals surface area contributed by atoms with Crippen LogP contribution < -0.4 is 0 Å². The van der Waals surface area contributed by atoms with Gasteiger partial charge in [0.05, 0.1) is 6.10 Å². The normalized spacial score (nSPS) is 73.9. The average molecular weight is 110 g/mol. The summed E-state index contributed by atoms with van der Waals surface area (Å²) in [6, 6.07) is 0. The molecule has 0 radical (unpaired) electrons. The molecule has 0 aliphatic heterocycles. The third-order valence-corrected chi connectivity index (χ3v) is 3.43. The highest BCUT2D eigenvalue weighted by molar-refractivity contribution is 5.16. The SMILES string of the molecule is O[C@@H]1C2C[C@@H]3C1[C@H]3C2. The monoisotopic (exact) mass is 110 g/mol. The molecule has 4 saturated carbocycles. The van der Waals surface area contributed by atoms with Crippen molar-refractivity contribution in [3.05, 3.63) is 0 Å². The summed E-state index contributed by atoms with van der Waals surface area (Å²) in [5, 5.41) is 9.35. The van der Waals surface area contributed by atoms with Crippen molar-refractivity contribution >= 4 is 0 Å². The molecule has 3 atom stereocenters. The summed E-state index contributed by atoms with van der Waals surface area (Å²) >= 11 is 0. The Kier molecular flexibility index (Phi) is 0.418. The van der Waals surface area contributed by atoms with Crippen LogP contribution in [-0.2, 0) is 0 Å². The Balaban J connectivity index is 2.10. The van der Waals surface area contributed by atoms with Gasteiger partial charge in [-0.15, -0.1) is 0 Å². The number of hydrogen-bond acceptors (Lipinski definition) is 1. The van der Waals surface area contributed by atoms with Gasteiger partial charge in [-0.1, -0.05) is 0 Å². The third kappa shape index (κ3) is 0.218. The highest BCUT2D eigenvalue weighted by Gasteiger charge is 2.68. The molecule has 0 amide bonds. The van der Waals surface area contributed by atoms with Crippen LogP contribution in [0, 0.1) is 23.7 Å². The molecule has 0 aromatic carbocycles. The minimum absolute atomic E-state index is 0.130. The second kappa shape index (κ2) is 0.860. The van der Waals surface area contributed by atoms with Crippen LogP contribution in [0.3, 0.4) is 0 Å². The summed E-state index contributed by atoms with van der Waals surface area (Å²) < 4.78 is 0. The zero-order valence-corrected chi connectivity index (χ0v) is 4.75. The smallest absolute Gasteiger partial charge is 0.0602 e. The molecule has 0 aromatic rings. The van der Waals surface area contributed by atoms with Crippen LogP contribution in [0.5, 0.6) is 0 Å². The molecule has 4 aliphatic carbocycles. The first kappa shape index (κ1) is 3.89. The highest BCUT2D eigenvalue weighted by Crippen LogP contribution is 2.70. The quantitative estimate of drug-likeness (QED) is 0.485. The molecule has 1 heteroatoms. The fourth-order valence-electron chi connectivity index (χ4n) is 3.03. The van der Waals surface area contributed by atoms with Gasteiger partial charge in [0.2, 0.25) is 0 Å². The Bertz CT molecular complexity index is 129. The first-order chi connectivity index (χ1) is 3.88. The van der Waals surface area contributed by atoms with E-state index >= 15 is 0 Å². The van der Waals surface area contributed by atoms with Crippen molar-refractivity contribution in [2.75, 3.05) is 0 Å². The van der Waals surface area contributed by atoms with Crippen LogP contribution in [0.15, 0.2) is 0 Å². The molecular weight excluding hydrogens is 100 g/mol. The lowest BCUT2D eigenvalue weighted by Crippen LogP contribution is -2.09. The van der Waals surface area contributed by atoms with Gasteiger partial charge >= 0.3 is 0 Å². The minimum atomic E-state index is 0.130. The number of hydrogen-bond donors (Lipinski definition) is 1. The van der Waals surface area contributed by atoms with Gasteiger partial charge < -0.3 is 5.11 Å². The van der Waals surface area contributed by atoms with Crippen molar-refractivity contribution < 1.29 is 5.11 Å². The highest BCUT2D eigenvalue weighted by atomic mass is 16.3. The minimum Gasteiger partial charge on any atom is -0.393 e. The Morgan fingerprint density at radius 2 is 1.75 bits per heavy atom. The Morgan fingerprint density at radius 3 is 1.88 bits per heavy atom. The predicted molar refractivity (Wildman–Crippen MR) is 29.2 cm³/mol. The van der Waals surface area contributed by atoms with Gasteiger partial charge in [0.1, 0.15) is 0 Å². The second-order valence-electron chi connectivity index (χ2n) is 3.63. The topological polar surface area (TPSA) is 20.2 Å². The predicted octanol–water partition coefficient (Wildman–Crippen LogP) is 0.633. The zero-order valence-electron chi connectivity index (χ0n) is 4.75. The van der Waals surface area contributed by atoms with Gasteiger partial charge in [-0.05, 0) is 36.5 Å². The van der Waals surface area contributed by atoms with Crippen molar-refractivity contribution in [3.8, 4) is 0 Å². The Labute approximate surface area is 48.7 Å². The lowest BCUT2D eigenvalue weighted by Gasteiger charge is -2.03. The van der Waals surface area contributed by atoms with Crippen molar-refractivity contribution in [1.82, 2.24) is 0 Å². The lowest BCUT2D eigenvalue weighted by molar-refractivity contribution is 0.135. The Hall–Kier alpha value is -0.0400. The van der Waals surface area contributed by atoms with Gasteiger partial charge in [-0.2, -0.15) is 0 Å². The molecule has 44 valence electrons. The van der Waals surface area contributed by atoms with E-state index in [0.29, 0.717) is 0 Å². The maximum atomic E-state index is 9.35. The maximum absolute atomic E-state index is 9.35. The van der Waals surface area contributed by atoms with Crippen LogP contribution in [-0.4, -0.2) is 11.2 Å². The fourth-order valence-corrected chi connectivity index (χ4v) is 3.03. The van der Waals surface area contributed by atoms with E-state index in [-0.39, 0.29) is 6.10 Å². The molecule has 4 aliphatic rings. The van der Waals surface area contributed by atoms with Crippen molar-refractivity contribution in [3.63, 3.8) is 0 Å². The molecule has 0 unspecified atom stereocenters. The van der Waals surface area contributed by atoms with E-state index in [1.54, 1.807) is 0 Å². The lowest BCUT2D eigenvalue weighted by atomic mass is 10.1. The van der Waals surface area contributed by atoms with Crippen molar-refractivity contribution in [2.45, 2.75) is 18.9 Å². The standard InChI is InChI=1S/C7H10O/c8-7-3-1-4-5(2-3)6(4)7/h3-8H,1-2H2/t3?,4-,5-,6?,7+/m0/s1. The average Bonchev–Trinajstić information content (AvgIpc) is 2.23. The summed E-state index contributed by atoms with van der Waals surface area (Å²) in [6.45, 7) is 0. The molecule has 4 fully saturated rings. The molecule has 1 nitrogen and oxygen atoms in total. The Morgan fingerprint density at radius 1 is 1.12 bits per heavy atom. The number of aliphatic hydroxyl groups excluding tert-OH is 1. The second-order valence-corrected chi connectivity index (χ2v) is 3.63. The van der Waals surface area contributed by atoms with E-state index < -0.39 is 0 Å². The summed E-state index contributed by atoms with van der Waals surface area (Å²) in [6.07, 6.45) is 2.84. The maximum Gasteiger partial charge on any atom is 0.0602 e. The summed E-state index contributed by atoms with van der Waals surface area (Å²) in [4.78, 5) is 0. The van der Waals surface area contributed by atoms with Crippen molar-refractivity contribution in [1.29, 1.82) is 0 Å². The molecule has 0 spiro atoms. The fraction of sp³-hybridized carbons (Fsp3) is 1.00. The molecule has 8 heavy (non-hydrogen) atoms. The van der Waals surface area contributed by atoms with Crippen LogP contribution in [0.25, 0.3) is 0 Å². The van der Waals surface area contributed by atoms with Crippen LogP contribution >= 0.6 is 0 Å². The van der Waals surface area contributed by atoms with Crippen molar-refractivity contribution in [2.24, 2.45) is 23.7 Å². The zero-order chi connectivity index (χ0) is 5.30. The van der Waals surface area contributed by atoms with Crippen LogP contribution in [0.1, 0.15) is 12.8 Å². The summed E-state index contributed by atoms with van der Waals surface area (Å²) in [7, 11) is 0. The molecule has 1 N–H and O–H groups in total. The molecule has 0 aromatic heterocycles. The van der Waals surface area contributed by atoms with E-state index in [9.17, 15) is 5.11 Å². The summed E-state index contributed by atoms with van der Waals surface area (Å²) in [5.41, 5.74) is 0.